The summed E-state index contributed by atoms with van der Waals surface area (Å²) >= 11 is 0. The van der Waals surface area contributed by atoms with Crippen LogP contribution in [0.25, 0.3) is 11.1 Å². The molecule has 0 spiro atoms. The zero-order valence-corrected chi connectivity index (χ0v) is 18.9. The molecule has 0 bridgehead atoms. The molecule has 0 saturated carbocycles. The van der Waals surface area contributed by atoms with Gasteiger partial charge in [0.2, 0.25) is 0 Å². The first kappa shape index (κ1) is 23.0. The van der Waals surface area contributed by atoms with Crippen molar-refractivity contribution in [1.82, 2.24) is 0 Å². The van der Waals surface area contributed by atoms with Gasteiger partial charge in [0.25, 0.3) is 0 Å². The lowest BCUT2D eigenvalue weighted by Gasteiger charge is -2.18. The fourth-order valence-electron chi connectivity index (χ4n) is 4.04. The Morgan fingerprint density at radius 1 is 0.548 bits per heavy atom. The molecule has 0 aliphatic rings. The first-order valence-electron chi connectivity index (χ1n) is 11.9. The molecule has 0 amide bonds. The Kier molecular flexibility index (Phi) is 10.1. The van der Waals surface area contributed by atoms with Crippen molar-refractivity contribution in [2.24, 2.45) is 0 Å². The lowest BCUT2D eigenvalue weighted by Crippen LogP contribution is -2.02. The van der Waals surface area contributed by atoms with Crippen LogP contribution in [0.2, 0.25) is 0 Å². The van der Waals surface area contributed by atoms with E-state index >= 15 is 0 Å². The smallest absolute Gasteiger partial charge is 0.0506 e. The molecule has 0 heterocycles. The molecule has 31 heavy (non-hydrogen) atoms. The lowest BCUT2D eigenvalue weighted by atomic mass is 9.88. The summed E-state index contributed by atoms with van der Waals surface area (Å²) in [7, 11) is 0. The van der Waals surface area contributed by atoms with Crippen LogP contribution in [0.3, 0.4) is 0 Å². The Bertz CT molecular complexity index is 840. The molecule has 3 aromatic carbocycles. The molecule has 3 rings (SSSR count). The Hall–Kier alpha value is -2.64. The van der Waals surface area contributed by atoms with Crippen molar-refractivity contribution < 1.29 is 4.74 Å². The van der Waals surface area contributed by atoms with Crippen LogP contribution in [-0.4, -0.2) is 13.2 Å². The van der Waals surface area contributed by atoms with Gasteiger partial charge < -0.3 is 4.74 Å². The number of hydrogen-bond acceptors (Lipinski definition) is 1. The van der Waals surface area contributed by atoms with Gasteiger partial charge in [-0.2, -0.15) is 0 Å². The molecule has 0 saturated heterocycles. The van der Waals surface area contributed by atoms with Crippen LogP contribution < -0.4 is 0 Å². The minimum atomic E-state index is 0.752. The molecule has 0 aromatic heterocycles. The number of hydrogen-bond donors (Lipinski definition) is 0. The standard InChI is InChI=1S/C30H36O/c1-2-3-4-5-6-16-24-31-25-23-29(26-17-10-7-11-18-26)30(27-19-12-8-13-20-27)28-21-14-9-15-22-28/h7-15,17-22H,2-6,16,23-25H2,1H3. The molecule has 0 unspecified atom stereocenters. The van der Waals surface area contributed by atoms with Gasteiger partial charge in [0, 0.05) is 6.61 Å². The third kappa shape index (κ3) is 7.52. The summed E-state index contributed by atoms with van der Waals surface area (Å²) in [6.07, 6.45) is 8.69. The zero-order chi connectivity index (χ0) is 21.6. The molecule has 0 radical (unpaired) electrons. The quantitative estimate of drug-likeness (QED) is 0.202. The minimum absolute atomic E-state index is 0.752. The molecule has 3 aromatic rings. The highest BCUT2D eigenvalue weighted by Gasteiger charge is 2.13. The van der Waals surface area contributed by atoms with Crippen LogP contribution in [0.5, 0.6) is 0 Å². The molecule has 1 heteroatoms. The third-order valence-electron chi connectivity index (χ3n) is 5.69. The molecular weight excluding hydrogens is 376 g/mol. The minimum Gasteiger partial charge on any atom is -0.381 e. The van der Waals surface area contributed by atoms with Gasteiger partial charge in [0.15, 0.2) is 0 Å². The van der Waals surface area contributed by atoms with Crippen molar-refractivity contribution in [2.45, 2.75) is 51.9 Å². The van der Waals surface area contributed by atoms with E-state index in [-0.39, 0.29) is 0 Å². The normalized spacial score (nSPS) is 10.7. The number of ether oxygens (including phenoxy) is 1. The Morgan fingerprint density at radius 3 is 1.58 bits per heavy atom. The molecule has 162 valence electrons. The lowest BCUT2D eigenvalue weighted by molar-refractivity contribution is 0.135. The predicted octanol–water partition coefficient (Wildman–Crippen LogP) is 8.41. The maximum Gasteiger partial charge on any atom is 0.0506 e. The van der Waals surface area contributed by atoms with Gasteiger partial charge in [0.05, 0.1) is 6.61 Å². The topological polar surface area (TPSA) is 9.23 Å². The summed E-state index contributed by atoms with van der Waals surface area (Å²) in [6, 6.07) is 32.3. The molecule has 0 atom stereocenters. The summed E-state index contributed by atoms with van der Waals surface area (Å²) in [5.74, 6) is 0. The first-order chi connectivity index (χ1) is 15.4. The fourth-order valence-corrected chi connectivity index (χ4v) is 4.04. The van der Waals surface area contributed by atoms with Crippen LogP contribution in [0.4, 0.5) is 0 Å². The van der Waals surface area contributed by atoms with Gasteiger partial charge in [0.1, 0.15) is 0 Å². The van der Waals surface area contributed by atoms with Crippen LogP contribution in [0.15, 0.2) is 91.0 Å². The number of rotatable bonds is 13. The van der Waals surface area contributed by atoms with E-state index < -0.39 is 0 Å². The summed E-state index contributed by atoms with van der Waals surface area (Å²) in [4.78, 5) is 0. The van der Waals surface area contributed by atoms with E-state index in [1.54, 1.807) is 0 Å². The van der Waals surface area contributed by atoms with Crippen molar-refractivity contribution in [3.63, 3.8) is 0 Å². The van der Waals surface area contributed by atoms with Gasteiger partial charge in [-0.25, -0.2) is 0 Å². The summed E-state index contributed by atoms with van der Waals surface area (Å²) < 4.78 is 6.08. The van der Waals surface area contributed by atoms with E-state index in [4.69, 9.17) is 4.74 Å². The van der Waals surface area contributed by atoms with Crippen molar-refractivity contribution in [3.8, 4) is 0 Å². The highest BCUT2D eigenvalue weighted by molar-refractivity contribution is 5.98. The van der Waals surface area contributed by atoms with E-state index in [1.807, 2.05) is 0 Å². The Balaban J connectivity index is 1.77. The van der Waals surface area contributed by atoms with Gasteiger partial charge in [-0.05, 0) is 40.7 Å². The highest BCUT2D eigenvalue weighted by Crippen LogP contribution is 2.34. The molecule has 0 N–H and O–H groups in total. The van der Waals surface area contributed by atoms with E-state index in [2.05, 4.69) is 97.9 Å². The highest BCUT2D eigenvalue weighted by atomic mass is 16.5. The largest absolute Gasteiger partial charge is 0.381 e. The van der Waals surface area contributed by atoms with Gasteiger partial charge in [-0.1, -0.05) is 130 Å². The second kappa shape index (κ2) is 13.6. The molecule has 0 aliphatic heterocycles. The summed E-state index contributed by atoms with van der Waals surface area (Å²) in [6.45, 7) is 3.88. The summed E-state index contributed by atoms with van der Waals surface area (Å²) in [5.41, 5.74) is 6.43. The molecule has 0 aliphatic carbocycles. The first-order valence-corrected chi connectivity index (χ1v) is 11.9. The second-order valence-electron chi connectivity index (χ2n) is 8.08. The predicted molar refractivity (Wildman–Crippen MR) is 134 cm³/mol. The van der Waals surface area contributed by atoms with Crippen LogP contribution in [0, 0.1) is 0 Å². The molecular formula is C30H36O. The maximum absolute atomic E-state index is 6.08. The average molecular weight is 413 g/mol. The Morgan fingerprint density at radius 2 is 1.03 bits per heavy atom. The van der Waals surface area contributed by atoms with Gasteiger partial charge in [-0.3, -0.25) is 0 Å². The Labute approximate surface area is 188 Å². The third-order valence-corrected chi connectivity index (χ3v) is 5.69. The number of unbranched alkanes of at least 4 members (excludes halogenated alkanes) is 5. The fraction of sp³-hybridized carbons (Fsp3) is 0.333. The van der Waals surface area contributed by atoms with Crippen molar-refractivity contribution in [3.05, 3.63) is 108 Å². The second-order valence-corrected chi connectivity index (χ2v) is 8.08. The number of benzene rings is 3. The molecule has 1 nitrogen and oxygen atoms in total. The van der Waals surface area contributed by atoms with Crippen LogP contribution >= 0.6 is 0 Å². The van der Waals surface area contributed by atoms with E-state index in [0.717, 1.165) is 19.6 Å². The van der Waals surface area contributed by atoms with E-state index in [9.17, 15) is 0 Å². The van der Waals surface area contributed by atoms with Crippen molar-refractivity contribution >= 4 is 11.1 Å². The van der Waals surface area contributed by atoms with Crippen molar-refractivity contribution in [2.75, 3.05) is 13.2 Å². The van der Waals surface area contributed by atoms with Gasteiger partial charge in [-0.15, -0.1) is 0 Å². The van der Waals surface area contributed by atoms with Gasteiger partial charge >= 0.3 is 0 Å². The van der Waals surface area contributed by atoms with E-state index in [0.29, 0.717) is 0 Å². The SMILES string of the molecule is CCCCCCCCOCCC(=C(c1ccccc1)c1ccccc1)c1ccccc1. The monoisotopic (exact) mass is 412 g/mol. The van der Waals surface area contributed by atoms with Crippen LogP contribution in [-0.2, 0) is 4.74 Å². The zero-order valence-electron chi connectivity index (χ0n) is 18.9. The maximum atomic E-state index is 6.08. The summed E-state index contributed by atoms with van der Waals surface area (Å²) in [5, 5.41) is 0. The van der Waals surface area contributed by atoms with E-state index in [1.165, 1.54) is 66.4 Å². The average Bonchev–Trinajstić information content (AvgIpc) is 2.84. The molecule has 0 fully saturated rings. The van der Waals surface area contributed by atoms with Crippen LogP contribution in [0.1, 0.15) is 68.6 Å². The van der Waals surface area contributed by atoms with Crippen molar-refractivity contribution in [1.29, 1.82) is 0 Å².